The highest BCUT2D eigenvalue weighted by Gasteiger charge is 2.31. The maximum Gasteiger partial charge on any atom is 0.416 e. The number of aliphatic carboxylic acids is 1. The smallest absolute Gasteiger partial charge is 0.416 e. The van der Waals surface area contributed by atoms with Crippen molar-refractivity contribution in [2.75, 3.05) is 5.32 Å². The first-order chi connectivity index (χ1) is 7.71. The van der Waals surface area contributed by atoms with E-state index >= 15 is 0 Å². The summed E-state index contributed by atoms with van der Waals surface area (Å²) in [6.45, 7) is 0. The molecule has 4 nitrogen and oxygen atoms in total. The third-order valence-corrected chi connectivity index (χ3v) is 1.74. The number of hydrogen-bond donors (Lipinski definition) is 2. The van der Waals surface area contributed by atoms with Crippen molar-refractivity contribution in [1.82, 2.24) is 0 Å². The van der Waals surface area contributed by atoms with Gasteiger partial charge in [-0.2, -0.15) is 13.2 Å². The van der Waals surface area contributed by atoms with E-state index in [9.17, 15) is 27.2 Å². The van der Waals surface area contributed by atoms with Gasteiger partial charge in [0.15, 0.2) is 0 Å². The molecular formula is C9H5F4NO3. The van der Waals surface area contributed by atoms with Gasteiger partial charge < -0.3 is 10.4 Å². The fourth-order valence-electron chi connectivity index (χ4n) is 0.973. The Kier molecular flexibility index (Phi) is 3.35. The van der Waals surface area contributed by atoms with Gasteiger partial charge in [-0.15, -0.1) is 0 Å². The van der Waals surface area contributed by atoms with Crippen molar-refractivity contribution < 1.29 is 32.3 Å². The van der Waals surface area contributed by atoms with E-state index < -0.39 is 35.1 Å². The Morgan fingerprint density at radius 3 is 2.29 bits per heavy atom. The van der Waals surface area contributed by atoms with Crippen LogP contribution < -0.4 is 5.32 Å². The van der Waals surface area contributed by atoms with Gasteiger partial charge in [-0.1, -0.05) is 0 Å². The van der Waals surface area contributed by atoms with Crippen molar-refractivity contribution in [2.45, 2.75) is 6.18 Å². The van der Waals surface area contributed by atoms with Crippen LogP contribution >= 0.6 is 0 Å². The van der Waals surface area contributed by atoms with Crippen molar-refractivity contribution >= 4 is 17.6 Å². The van der Waals surface area contributed by atoms with Gasteiger partial charge in [0, 0.05) is 0 Å². The second-order valence-corrected chi connectivity index (χ2v) is 2.95. The number of hydrogen-bond acceptors (Lipinski definition) is 2. The number of rotatable bonds is 1. The molecule has 0 saturated heterocycles. The lowest BCUT2D eigenvalue weighted by molar-refractivity contribution is -0.147. The molecule has 1 amide bonds. The summed E-state index contributed by atoms with van der Waals surface area (Å²) in [6.07, 6.45) is -4.71. The predicted octanol–water partition coefficient (Wildman–Crippen LogP) is 1.87. The van der Waals surface area contributed by atoms with Crippen molar-refractivity contribution in [3.05, 3.63) is 29.6 Å². The normalized spacial score (nSPS) is 11.1. The summed E-state index contributed by atoms with van der Waals surface area (Å²) < 4.78 is 49.7. The zero-order valence-electron chi connectivity index (χ0n) is 8.01. The molecule has 0 fully saturated rings. The number of benzene rings is 1. The fraction of sp³-hybridized carbons (Fsp3) is 0.111. The molecule has 0 heterocycles. The van der Waals surface area contributed by atoms with Crippen molar-refractivity contribution in [2.24, 2.45) is 0 Å². The van der Waals surface area contributed by atoms with E-state index in [2.05, 4.69) is 0 Å². The first-order valence-corrected chi connectivity index (χ1v) is 4.13. The Hall–Kier alpha value is -2.12. The van der Waals surface area contributed by atoms with Crippen LogP contribution in [0.4, 0.5) is 23.2 Å². The highest BCUT2D eigenvalue weighted by Crippen LogP contribution is 2.31. The van der Waals surface area contributed by atoms with Gasteiger partial charge in [0.1, 0.15) is 5.82 Å². The van der Waals surface area contributed by atoms with Crippen LogP contribution in [-0.4, -0.2) is 17.0 Å². The number of alkyl halides is 3. The minimum atomic E-state index is -4.71. The molecule has 0 saturated carbocycles. The van der Waals surface area contributed by atoms with Gasteiger partial charge >= 0.3 is 18.1 Å². The second-order valence-electron chi connectivity index (χ2n) is 2.95. The van der Waals surface area contributed by atoms with Crippen LogP contribution in [0.15, 0.2) is 18.2 Å². The maximum absolute atomic E-state index is 13.0. The van der Waals surface area contributed by atoms with Crippen LogP contribution in [0.3, 0.4) is 0 Å². The minimum absolute atomic E-state index is 0.316. The Balaban J connectivity index is 3.07. The van der Waals surface area contributed by atoms with Crippen LogP contribution in [0.5, 0.6) is 0 Å². The van der Waals surface area contributed by atoms with Crippen molar-refractivity contribution in [3.8, 4) is 0 Å². The van der Waals surface area contributed by atoms with E-state index in [1.54, 1.807) is 0 Å². The average molecular weight is 251 g/mol. The summed E-state index contributed by atoms with van der Waals surface area (Å²) in [5.74, 6) is -4.71. The number of anilines is 1. The van der Waals surface area contributed by atoms with Crippen LogP contribution in [-0.2, 0) is 15.8 Å². The molecule has 1 rings (SSSR count). The Morgan fingerprint density at radius 1 is 1.24 bits per heavy atom. The molecule has 0 aliphatic carbocycles. The molecule has 17 heavy (non-hydrogen) atoms. The summed E-state index contributed by atoms with van der Waals surface area (Å²) in [7, 11) is 0. The molecule has 0 aliphatic rings. The molecular weight excluding hydrogens is 246 g/mol. The average Bonchev–Trinajstić information content (AvgIpc) is 2.19. The first-order valence-electron chi connectivity index (χ1n) is 4.13. The lowest BCUT2D eigenvalue weighted by Crippen LogP contribution is -2.22. The van der Waals surface area contributed by atoms with Gasteiger partial charge in [0.25, 0.3) is 0 Å². The number of carboxylic acid groups (broad SMARTS) is 1. The molecule has 0 aromatic heterocycles. The molecule has 1 aromatic carbocycles. The molecule has 0 aliphatic heterocycles. The summed E-state index contributed by atoms with van der Waals surface area (Å²) in [5, 5.41) is 9.72. The maximum atomic E-state index is 13.0. The number of halogens is 4. The van der Waals surface area contributed by atoms with E-state index in [4.69, 9.17) is 5.11 Å². The van der Waals surface area contributed by atoms with E-state index in [1.165, 1.54) is 5.32 Å². The highest BCUT2D eigenvalue weighted by atomic mass is 19.4. The topological polar surface area (TPSA) is 66.4 Å². The number of amides is 1. The molecule has 1 aromatic rings. The number of nitrogens with one attached hydrogen (secondary N) is 1. The lowest BCUT2D eigenvalue weighted by atomic mass is 10.2. The quantitative estimate of drug-likeness (QED) is 0.591. The van der Waals surface area contributed by atoms with Gasteiger partial charge in [-0.3, -0.25) is 4.79 Å². The highest BCUT2D eigenvalue weighted by molar-refractivity contribution is 6.36. The van der Waals surface area contributed by atoms with Crippen LogP contribution in [0.2, 0.25) is 0 Å². The summed E-state index contributed by atoms with van der Waals surface area (Å²) in [6, 6.07) is 1.28. The molecule has 0 bridgehead atoms. The Morgan fingerprint density at radius 2 is 1.82 bits per heavy atom. The van der Waals surface area contributed by atoms with Crippen LogP contribution in [0, 0.1) is 5.82 Å². The summed E-state index contributed by atoms with van der Waals surface area (Å²) in [5.41, 5.74) is -2.04. The third-order valence-electron chi connectivity index (χ3n) is 1.74. The van der Waals surface area contributed by atoms with Crippen LogP contribution in [0.1, 0.15) is 5.56 Å². The Bertz CT molecular complexity index is 470. The molecule has 0 atom stereocenters. The fourth-order valence-corrected chi connectivity index (χ4v) is 0.973. The largest absolute Gasteiger partial charge is 0.474 e. The summed E-state index contributed by atoms with van der Waals surface area (Å²) >= 11 is 0. The molecule has 92 valence electrons. The van der Waals surface area contributed by atoms with E-state index in [0.29, 0.717) is 18.2 Å². The summed E-state index contributed by atoms with van der Waals surface area (Å²) in [4.78, 5) is 20.8. The zero-order valence-corrected chi connectivity index (χ0v) is 8.01. The number of carbonyl (C=O) groups is 2. The molecule has 0 unspecified atom stereocenters. The van der Waals surface area contributed by atoms with Crippen molar-refractivity contribution in [1.29, 1.82) is 0 Å². The van der Waals surface area contributed by atoms with Crippen molar-refractivity contribution in [3.63, 3.8) is 0 Å². The van der Waals surface area contributed by atoms with Gasteiger partial charge in [0.2, 0.25) is 0 Å². The van der Waals surface area contributed by atoms with E-state index in [-0.39, 0.29) is 0 Å². The predicted molar refractivity (Wildman–Crippen MR) is 47.7 cm³/mol. The standard InChI is InChI=1S/C9H5F4NO3/c10-5-2-1-4(9(11,12)13)3-6(5)14-7(15)8(16)17/h1-3H,(H,14,15)(H,16,17). The van der Waals surface area contributed by atoms with Gasteiger partial charge in [-0.25, -0.2) is 9.18 Å². The monoisotopic (exact) mass is 251 g/mol. The molecule has 2 N–H and O–H groups in total. The second kappa shape index (κ2) is 4.40. The lowest BCUT2D eigenvalue weighted by Gasteiger charge is -2.09. The van der Waals surface area contributed by atoms with E-state index in [1.807, 2.05) is 0 Å². The van der Waals surface area contributed by atoms with Crippen LogP contribution in [0.25, 0.3) is 0 Å². The molecule has 0 radical (unpaired) electrons. The molecule has 8 heteroatoms. The number of carbonyl (C=O) groups excluding carboxylic acids is 1. The van der Waals surface area contributed by atoms with Gasteiger partial charge in [0.05, 0.1) is 11.3 Å². The SMILES string of the molecule is O=C(O)C(=O)Nc1cc(C(F)(F)F)ccc1F. The first kappa shape index (κ1) is 12.9. The minimum Gasteiger partial charge on any atom is -0.474 e. The Labute approximate surface area is 91.9 Å². The number of carboxylic acids is 1. The zero-order chi connectivity index (χ0) is 13.2. The molecule has 0 spiro atoms. The van der Waals surface area contributed by atoms with E-state index in [0.717, 1.165) is 0 Å². The van der Waals surface area contributed by atoms with Gasteiger partial charge in [-0.05, 0) is 18.2 Å². The third kappa shape index (κ3) is 3.16.